The van der Waals surface area contributed by atoms with Crippen molar-refractivity contribution in [3.05, 3.63) is 29.8 Å². The fraction of sp³-hybridized carbons (Fsp3) is 0.385. The second kappa shape index (κ2) is 7.19. The predicted octanol–water partition coefficient (Wildman–Crippen LogP) is 0.145. The number of carboxylic acid groups (broad SMARTS) is 1. The van der Waals surface area contributed by atoms with Crippen LogP contribution >= 0.6 is 0 Å². The molecule has 1 rings (SSSR count). The molecule has 0 saturated carbocycles. The van der Waals surface area contributed by atoms with E-state index in [9.17, 15) is 18.0 Å². The van der Waals surface area contributed by atoms with Gasteiger partial charge in [0, 0.05) is 24.9 Å². The molecule has 1 aromatic rings. The maximum absolute atomic E-state index is 12.0. The van der Waals surface area contributed by atoms with Crippen LogP contribution in [0.2, 0.25) is 0 Å². The summed E-state index contributed by atoms with van der Waals surface area (Å²) >= 11 is 0. The first-order valence-electron chi connectivity index (χ1n) is 6.17. The number of hydrogen-bond acceptors (Lipinski definition) is 5. The molecule has 8 heteroatoms. The average Bonchev–Trinajstić information content (AvgIpc) is 2.41. The number of carbonyl (C=O) groups is 2. The van der Waals surface area contributed by atoms with E-state index in [4.69, 9.17) is 10.2 Å². The van der Waals surface area contributed by atoms with Gasteiger partial charge in [0.2, 0.25) is 5.91 Å². The van der Waals surface area contributed by atoms with Crippen LogP contribution in [-0.4, -0.2) is 55.7 Å². The van der Waals surface area contributed by atoms with Gasteiger partial charge in [0.05, 0.1) is 17.9 Å². The van der Waals surface area contributed by atoms with Crippen LogP contribution in [0.4, 0.5) is 5.69 Å². The van der Waals surface area contributed by atoms with Gasteiger partial charge in [0.15, 0.2) is 0 Å². The van der Waals surface area contributed by atoms with E-state index in [1.165, 1.54) is 29.2 Å². The molecule has 21 heavy (non-hydrogen) atoms. The third kappa shape index (κ3) is 5.52. The van der Waals surface area contributed by atoms with Crippen LogP contribution in [0.15, 0.2) is 24.3 Å². The third-order valence-corrected chi connectivity index (χ3v) is 3.68. The highest BCUT2D eigenvalue weighted by molar-refractivity contribution is 7.90. The molecule has 116 valence electrons. The molecule has 1 amide bonds. The van der Waals surface area contributed by atoms with Gasteiger partial charge in [0.1, 0.15) is 9.84 Å². The highest BCUT2D eigenvalue weighted by atomic mass is 32.2. The summed E-state index contributed by atoms with van der Waals surface area (Å²) in [6.45, 7) is -0.277. The lowest BCUT2D eigenvalue weighted by Gasteiger charge is -2.22. The van der Waals surface area contributed by atoms with Crippen LogP contribution in [0, 0.1) is 0 Å². The summed E-state index contributed by atoms with van der Waals surface area (Å²) in [6.07, 6.45) is 0.845. The number of carbonyl (C=O) groups excluding carboxylic acids is 1. The Labute approximate surface area is 122 Å². The normalized spacial score (nSPS) is 11.1. The molecular formula is C13H17NO6S. The summed E-state index contributed by atoms with van der Waals surface area (Å²) in [6, 6.07) is 5.56. The SMILES string of the molecule is CS(=O)(=O)CCC(=O)N(CCO)c1ccc(C(=O)O)cc1. The Balaban J connectivity index is 2.89. The first kappa shape index (κ1) is 17.1. The fourth-order valence-corrected chi connectivity index (χ4v) is 2.23. The number of anilines is 1. The molecule has 2 N–H and O–H groups in total. The van der Waals surface area contributed by atoms with Crippen LogP contribution in [0.25, 0.3) is 0 Å². The fourth-order valence-electron chi connectivity index (χ4n) is 1.69. The summed E-state index contributed by atoms with van der Waals surface area (Å²) in [5.74, 6) is -1.81. The Hall–Kier alpha value is -1.93. The number of hydrogen-bond donors (Lipinski definition) is 2. The van der Waals surface area contributed by atoms with Gasteiger partial charge in [-0.15, -0.1) is 0 Å². The molecule has 0 fully saturated rings. The van der Waals surface area contributed by atoms with E-state index in [0.717, 1.165) is 6.26 Å². The van der Waals surface area contributed by atoms with Crippen molar-refractivity contribution in [1.82, 2.24) is 0 Å². The highest BCUT2D eigenvalue weighted by Crippen LogP contribution is 2.16. The number of sulfone groups is 1. The maximum Gasteiger partial charge on any atom is 0.335 e. The van der Waals surface area contributed by atoms with E-state index in [-0.39, 0.29) is 30.9 Å². The largest absolute Gasteiger partial charge is 0.478 e. The van der Waals surface area contributed by atoms with Crippen LogP contribution in [0.3, 0.4) is 0 Å². The number of aromatic carboxylic acids is 1. The zero-order valence-electron chi connectivity index (χ0n) is 11.5. The lowest BCUT2D eigenvalue weighted by molar-refractivity contribution is -0.118. The van der Waals surface area contributed by atoms with Crippen molar-refractivity contribution in [1.29, 1.82) is 0 Å². The summed E-state index contributed by atoms with van der Waals surface area (Å²) in [5, 5.41) is 17.8. The molecular weight excluding hydrogens is 298 g/mol. The molecule has 0 atom stereocenters. The van der Waals surface area contributed by atoms with Gasteiger partial charge in [-0.05, 0) is 24.3 Å². The number of amides is 1. The molecule has 7 nitrogen and oxygen atoms in total. The van der Waals surface area contributed by atoms with Crippen LogP contribution in [0.1, 0.15) is 16.8 Å². The molecule has 0 aromatic heterocycles. The van der Waals surface area contributed by atoms with Crippen molar-refractivity contribution in [2.45, 2.75) is 6.42 Å². The van der Waals surface area contributed by atoms with Gasteiger partial charge in [-0.25, -0.2) is 13.2 Å². The third-order valence-electron chi connectivity index (χ3n) is 2.74. The Bertz CT molecular complexity index is 608. The number of carboxylic acids is 1. The maximum atomic E-state index is 12.0. The van der Waals surface area contributed by atoms with Crippen molar-refractivity contribution in [3.8, 4) is 0 Å². The zero-order chi connectivity index (χ0) is 16.0. The molecule has 0 spiro atoms. The van der Waals surface area contributed by atoms with Gasteiger partial charge < -0.3 is 15.1 Å². The summed E-state index contributed by atoms with van der Waals surface area (Å²) < 4.78 is 22.2. The number of rotatable bonds is 7. The van der Waals surface area contributed by atoms with Crippen molar-refractivity contribution in [3.63, 3.8) is 0 Å². The number of benzene rings is 1. The Morgan fingerprint density at radius 3 is 2.19 bits per heavy atom. The lowest BCUT2D eigenvalue weighted by Crippen LogP contribution is -2.34. The van der Waals surface area contributed by atoms with Crippen molar-refractivity contribution >= 4 is 27.4 Å². The quantitative estimate of drug-likeness (QED) is 0.740. The predicted molar refractivity (Wildman–Crippen MR) is 77.2 cm³/mol. The van der Waals surface area contributed by atoms with Crippen molar-refractivity contribution in [2.24, 2.45) is 0 Å². The Kier molecular flexibility index (Phi) is 5.86. The molecule has 0 aliphatic rings. The van der Waals surface area contributed by atoms with Gasteiger partial charge in [-0.2, -0.15) is 0 Å². The molecule has 1 aromatic carbocycles. The van der Waals surface area contributed by atoms with E-state index in [1.807, 2.05) is 0 Å². The zero-order valence-corrected chi connectivity index (χ0v) is 12.3. The smallest absolute Gasteiger partial charge is 0.335 e. The van der Waals surface area contributed by atoms with Gasteiger partial charge in [-0.3, -0.25) is 4.79 Å². The summed E-state index contributed by atoms with van der Waals surface area (Å²) in [7, 11) is -3.26. The molecule has 0 radical (unpaired) electrons. The molecule has 0 saturated heterocycles. The van der Waals surface area contributed by atoms with E-state index in [1.54, 1.807) is 0 Å². The Morgan fingerprint density at radius 1 is 1.19 bits per heavy atom. The van der Waals surface area contributed by atoms with Gasteiger partial charge >= 0.3 is 5.97 Å². The van der Waals surface area contributed by atoms with Gasteiger partial charge in [0.25, 0.3) is 0 Å². The second-order valence-corrected chi connectivity index (χ2v) is 6.76. The van der Waals surface area contributed by atoms with Crippen molar-refractivity contribution < 1.29 is 28.2 Å². The Morgan fingerprint density at radius 2 is 1.76 bits per heavy atom. The summed E-state index contributed by atoms with van der Waals surface area (Å²) in [5.41, 5.74) is 0.485. The van der Waals surface area contributed by atoms with Gasteiger partial charge in [-0.1, -0.05) is 0 Å². The van der Waals surface area contributed by atoms with E-state index >= 15 is 0 Å². The monoisotopic (exact) mass is 315 g/mol. The molecule has 0 aliphatic heterocycles. The minimum Gasteiger partial charge on any atom is -0.478 e. The molecule has 0 unspecified atom stereocenters. The van der Waals surface area contributed by atoms with Crippen LogP contribution < -0.4 is 4.90 Å². The first-order chi connectivity index (χ1) is 9.74. The number of nitrogens with zero attached hydrogens (tertiary/aromatic N) is 1. The molecule has 0 bridgehead atoms. The first-order valence-corrected chi connectivity index (χ1v) is 8.23. The number of aliphatic hydroxyl groups is 1. The summed E-state index contributed by atoms with van der Waals surface area (Å²) in [4.78, 5) is 24.0. The second-order valence-electron chi connectivity index (χ2n) is 4.50. The van der Waals surface area contributed by atoms with Crippen LogP contribution in [0.5, 0.6) is 0 Å². The highest BCUT2D eigenvalue weighted by Gasteiger charge is 2.17. The van der Waals surface area contributed by atoms with E-state index < -0.39 is 21.7 Å². The van der Waals surface area contributed by atoms with E-state index in [0.29, 0.717) is 5.69 Å². The van der Waals surface area contributed by atoms with Crippen molar-refractivity contribution in [2.75, 3.05) is 30.1 Å². The van der Waals surface area contributed by atoms with E-state index in [2.05, 4.69) is 0 Å². The average molecular weight is 315 g/mol. The lowest BCUT2D eigenvalue weighted by atomic mass is 10.2. The van der Waals surface area contributed by atoms with Crippen LogP contribution in [-0.2, 0) is 14.6 Å². The topological polar surface area (TPSA) is 112 Å². The molecule has 0 heterocycles. The number of aliphatic hydroxyl groups excluding tert-OH is 1. The molecule has 0 aliphatic carbocycles. The standard InChI is InChI=1S/C13H17NO6S/c1-21(19,20)9-6-12(16)14(7-8-15)11-4-2-10(3-5-11)13(17)18/h2-5,15H,6-9H2,1H3,(H,17,18). The minimum absolute atomic E-state index is 0.00894. The minimum atomic E-state index is -3.26.